The third-order valence-corrected chi connectivity index (χ3v) is 2.54. The minimum absolute atomic E-state index is 0.270. The highest BCUT2D eigenvalue weighted by molar-refractivity contribution is 4.91. The molecule has 0 aliphatic carbocycles. The summed E-state index contributed by atoms with van der Waals surface area (Å²) in [6.45, 7) is 7.21. The molecule has 0 bridgehead atoms. The lowest BCUT2D eigenvalue weighted by Gasteiger charge is -2.11. The van der Waals surface area contributed by atoms with E-state index in [0.29, 0.717) is 5.92 Å². The molecule has 0 fully saturated rings. The molecule has 0 aliphatic heterocycles. The van der Waals surface area contributed by atoms with Crippen LogP contribution in [0.25, 0.3) is 0 Å². The average Bonchev–Trinajstić information content (AvgIpc) is 2.66. The molecule has 1 aromatic heterocycles. The summed E-state index contributed by atoms with van der Waals surface area (Å²) < 4.78 is 2.13. The largest absolute Gasteiger partial charge is 0.396 e. The number of aromatic nitrogens is 2. The normalized spacial score (nSPS) is 13.0. The molecule has 0 amide bonds. The van der Waals surface area contributed by atoms with Crippen LogP contribution in [0.3, 0.4) is 0 Å². The molecular weight excluding hydrogens is 190 g/mol. The molecule has 1 aromatic rings. The predicted octanol–water partition coefficient (Wildman–Crippen LogP) is 1.01. The average molecular weight is 211 g/mol. The fourth-order valence-corrected chi connectivity index (χ4v) is 1.55. The zero-order chi connectivity index (χ0) is 11.1. The van der Waals surface area contributed by atoms with Crippen molar-refractivity contribution in [3.05, 3.63) is 18.2 Å². The Kier molecular flexibility index (Phi) is 5.36. The van der Waals surface area contributed by atoms with Gasteiger partial charge in [0, 0.05) is 25.5 Å². The summed E-state index contributed by atoms with van der Waals surface area (Å²) in [5.74, 6) is 1.59. The van der Waals surface area contributed by atoms with Crippen LogP contribution in [0.4, 0.5) is 0 Å². The number of imidazole rings is 1. The number of hydrogen-bond donors (Lipinski definition) is 2. The highest BCUT2D eigenvalue weighted by Gasteiger charge is 2.03. The molecule has 0 saturated heterocycles. The molecule has 0 aromatic carbocycles. The lowest BCUT2D eigenvalue weighted by atomic mass is 10.1. The Morgan fingerprint density at radius 1 is 1.60 bits per heavy atom. The maximum absolute atomic E-state index is 8.76. The quantitative estimate of drug-likeness (QED) is 0.707. The van der Waals surface area contributed by atoms with E-state index in [-0.39, 0.29) is 6.61 Å². The van der Waals surface area contributed by atoms with Gasteiger partial charge in [0.2, 0.25) is 0 Å². The first-order valence-corrected chi connectivity index (χ1v) is 5.59. The molecule has 4 heteroatoms. The minimum Gasteiger partial charge on any atom is -0.396 e. The molecule has 2 N–H and O–H groups in total. The van der Waals surface area contributed by atoms with Crippen LogP contribution in [0.1, 0.15) is 26.1 Å². The molecule has 0 radical (unpaired) electrons. The van der Waals surface area contributed by atoms with Gasteiger partial charge in [-0.05, 0) is 25.8 Å². The fraction of sp³-hybridized carbons (Fsp3) is 0.727. The minimum atomic E-state index is 0.270. The van der Waals surface area contributed by atoms with Crippen LogP contribution < -0.4 is 5.32 Å². The van der Waals surface area contributed by atoms with Crippen molar-refractivity contribution in [1.82, 2.24) is 14.9 Å². The first-order chi connectivity index (χ1) is 7.27. The van der Waals surface area contributed by atoms with Gasteiger partial charge in [-0.1, -0.05) is 6.92 Å². The molecule has 1 unspecified atom stereocenters. The van der Waals surface area contributed by atoms with E-state index < -0.39 is 0 Å². The molecule has 1 atom stereocenters. The number of rotatable bonds is 7. The Labute approximate surface area is 91.3 Å². The van der Waals surface area contributed by atoms with E-state index in [9.17, 15) is 0 Å². The third kappa shape index (κ3) is 4.01. The van der Waals surface area contributed by atoms with E-state index in [1.165, 1.54) is 0 Å². The van der Waals surface area contributed by atoms with E-state index in [1.807, 2.05) is 12.4 Å². The first kappa shape index (κ1) is 12.2. The van der Waals surface area contributed by atoms with Gasteiger partial charge < -0.3 is 15.0 Å². The zero-order valence-corrected chi connectivity index (χ0v) is 9.61. The summed E-state index contributed by atoms with van der Waals surface area (Å²) in [6, 6.07) is 0. The monoisotopic (exact) mass is 211 g/mol. The standard InChI is InChI=1S/C11H21N3O/c1-3-14-6-5-13-11(14)9-12-8-10(2)4-7-15/h5-6,10,12,15H,3-4,7-9H2,1-2H3. The Morgan fingerprint density at radius 2 is 2.40 bits per heavy atom. The second kappa shape index (κ2) is 6.58. The summed E-state index contributed by atoms with van der Waals surface area (Å²) in [4.78, 5) is 4.28. The van der Waals surface area contributed by atoms with Crippen molar-refractivity contribution in [3.8, 4) is 0 Å². The molecule has 0 aliphatic rings. The first-order valence-electron chi connectivity index (χ1n) is 5.59. The van der Waals surface area contributed by atoms with Gasteiger partial charge >= 0.3 is 0 Å². The lowest BCUT2D eigenvalue weighted by Crippen LogP contribution is -2.23. The van der Waals surface area contributed by atoms with Gasteiger partial charge in [0.05, 0.1) is 6.54 Å². The number of nitrogens with one attached hydrogen (secondary N) is 1. The van der Waals surface area contributed by atoms with Crippen molar-refractivity contribution >= 4 is 0 Å². The van der Waals surface area contributed by atoms with Crippen molar-refractivity contribution < 1.29 is 5.11 Å². The van der Waals surface area contributed by atoms with Crippen LogP contribution in [0, 0.1) is 5.92 Å². The van der Waals surface area contributed by atoms with Gasteiger partial charge in [-0.25, -0.2) is 4.98 Å². The number of hydrogen-bond acceptors (Lipinski definition) is 3. The third-order valence-electron chi connectivity index (χ3n) is 2.54. The number of aliphatic hydroxyl groups is 1. The van der Waals surface area contributed by atoms with Crippen LogP contribution >= 0.6 is 0 Å². The summed E-state index contributed by atoms with van der Waals surface area (Å²) >= 11 is 0. The topological polar surface area (TPSA) is 50.1 Å². The van der Waals surface area contributed by atoms with Crippen LogP contribution in [0.15, 0.2) is 12.4 Å². The molecule has 0 saturated carbocycles. The predicted molar refractivity (Wildman–Crippen MR) is 60.5 cm³/mol. The summed E-state index contributed by atoms with van der Waals surface area (Å²) in [5, 5.41) is 12.1. The van der Waals surface area contributed by atoms with Crippen molar-refractivity contribution in [2.75, 3.05) is 13.2 Å². The van der Waals surface area contributed by atoms with Gasteiger partial charge in [-0.3, -0.25) is 0 Å². The van der Waals surface area contributed by atoms with Crippen LogP contribution in [-0.2, 0) is 13.1 Å². The highest BCUT2D eigenvalue weighted by Crippen LogP contribution is 2.00. The highest BCUT2D eigenvalue weighted by atomic mass is 16.3. The maximum atomic E-state index is 8.76. The van der Waals surface area contributed by atoms with Crippen molar-refractivity contribution in [2.24, 2.45) is 5.92 Å². The Hall–Kier alpha value is -0.870. The molecular formula is C11H21N3O. The molecule has 15 heavy (non-hydrogen) atoms. The second-order valence-corrected chi connectivity index (χ2v) is 3.88. The summed E-state index contributed by atoms with van der Waals surface area (Å²) in [5.41, 5.74) is 0. The molecule has 0 spiro atoms. The maximum Gasteiger partial charge on any atom is 0.122 e. The van der Waals surface area contributed by atoms with Crippen molar-refractivity contribution in [3.63, 3.8) is 0 Å². The van der Waals surface area contributed by atoms with E-state index in [2.05, 4.69) is 28.7 Å². The fourth-order valence-electron chi connectivity index (χ4n) is 1.55. The van der Waals surface area contributed by atoms with Crippen molar-refractivity contribution in [2.45, 2.75) is 33.4 Å². The molecule has 1 heterocycles. The Morgan fingerprint density at radius 3 is 3.07 bits per heavy atom. The van der Waals surface area contributed by atoms with E-state index in [1.54, 1.807) is 0 Å². The SMILES string of the molecule is CCn1ccnc1CNCC(C)CCO. The van der Waals surface area contributed by atoms with E-state index in [0.717, 1.165) is 31.9 Å². The van der Waals surface area contributed by atoms with Gasteiger partial charge in [0.15, 0.2) is 0 Å². The summed E-state index contributed by atoms with van der Waals surface area (Å²) in [6.07, 6.45) is 4.68. The summed E-state index contributed by atoms with van der Waals surface area (Å²) in [7, 11) is 0. The van der Waals surface area contributed by atoms with Crippen LogP contribution in [0.5, 0.6) is 0 Å². The molecule has 4 nitrogen and oxygen atoms in total. The second-order valence-electron chi connectivity index (χ2n) is 3.88. The van der Waals surface area contributed by atoms with E-state index >= 15 is 0 Å². The van der Waals surface area contributed by atoms with Crippen LogP contribution in [-0.4, -0.2) is 27.8 Å². The van der Waals surface area contributed by atoms with Gasteiger partial charge in [-0.2, -0.15) is 0 Å². The van der Waals surface area contributed by atoms with Gasteiger partial charge in [0.1, 0.15) is 5.82 Å². The zero-order valence-electron chi connectivity index (χ0n) is 9.61. The number of aryl methyl sites for hydroxylation is 1. The van der Waals surface area contributed by atoms with Gasteiger partial charge in [-0.15, -0.1) is 0 Å². The Balaban J connectivity index is 2.25. The van der Waals surface area contributed by atoms with Crippen molar-refractivity contribution in [1.29, 1.82) is 0 Å². The molecule has 1 rings (SSSR count). The Bertz CT molecular complexity index is 273. The van der Waals surface area contributed by atoms with E-state index in [4.69, 9.17) is 5.11 Å². The van der Waals surface area contributed by atoms with Crippen LogP contribution in [0.2, 0.25) is 0 Å². The smallest absolute Gasteiger partial charge is 0.122 e. The number of nitrogens with zero attached hydrogens (tertiary/aromatic N) is 2. The molecule has 86 valence electrons. The lowest BCUT2D eigenvalue weighted by molar-refractivity contribution is 0.260. The number of aliphatic hydroxyl groups excluding tert-OH is 1. The van der Waals surface area contributed by atoms with Gasteiger partial charge in [0.25, 0.3) is 0 Å².